The molecule has 1 heterocycles. The molecule has 0 bridgehead atoms. The van der Waals surface area contributed by atoms with Gasteiger partial charge in [-0.2, -0.15) is 0 Å². The Hall–Kier alpha value is -1.33. The first-order valence-corrected chi connectivity index (χ1v) is 4.73. The first kappa shape index (κ1) is 11.7. The highest BCUT2D eigenvalue weighted by Gasteiger charge is 2.18. The third-order valence-corrected chi connectivity index (χ3v) is 2.07. The predicted molar refractivity (Wildman–Crippen MR) is 55.0 cm³/mol. The molecule has 0 fully saturated rings. The van der Waals surface area contributed by atoms with E-state index in [0.717, 1.165) is 5.76 Å². The molecule has 1 amide bonds. The van der Waals surface area contributed by atoms with E-state index in [1.165, 1.54) is 4.90 Å². The third kappa shape index (κ3) is 3.07. The van der Waals surface area contributed by atoms with Crippen LogP contribution in [0.3, 0.4) is 0 Å². The van der Waals surface area contributed by atoms with Crippen molar-refractivity contribution in [2.24, 2.45) is 5.73 Å². The van der Waals surface area contributed by atoms with Gasteiger partial charge >= 0.3 is 0 Å². The lowest BCUT2D eigenvalue weighted by Gasteiger charge is -2.18. The molecular weight excluding hydrogens is 196 g/mol. The van der Waals surface area contributed by atoms with Crippen LogP contribution in [0.25, 0.3) is 0 Å². The van der Waals surface area contributed by atoms with Gasteiger partial charge in [-0.3, -0.25) is 4.79 Å². The fourth-order valence-electron chi connectivity index (χ4n) is 1.24. The Kier molecular flexibility index (Phi) is 3.88. The van der Waals surface area contributed by atoms with Gasteiger partial charge in [-0.1, -0.05) is 0 Å². The number of nitrogens with zero attached hydrogens (tertiary/aromatic N) is 1. The van der Waals surface area contributed by atoms with E-state index < -0.39 is 12.0 Å². The number of aliphatic hydroxyl groups excluding tert-OH is 1. The minimum Gasteiger partial charge on any atom is -0.464 e. The highest BCUT2D eigenvalue weighted by atomic mass is 16.3. The third-order valence-electron chi connectivity index (χ3n) is 2.07. The van der Waals surface area contributed by atoms with Crippen molar-refractivity contribution in [3.63, 3.8) is 0 Å². The first-order valence-electron chi connectivity index (χ1n) is 4.73. The standard InChI is InChI=1S/C10H16N2O3/c1-7-3-4-8(15-7)6-12(2)10(14)9(13)5-11/h3-4,9,13H,5-6,11H2,1-2H3. The minimum absolute atomic E-state index is 0.0691. The van der Waals surface area contributed by atoms with E-state index in [-0.39, 0.29) is 6.54 Å². The highest BCUT2D eigenvalue weighted by molar-refractivity contribution is 5.80. The predicted octanol–water partition coefficient (Wildman–Crippen LogP) is -0.134. The number of rotatable bonds is 4. The molecule has 5 heteroatoms. The van der Waals surface area contributed by atoms with Crippen molar-refractivity contribution in [3.05, 3.63) is 23.7 Å². The van der Waals surface area contributed by atoms with Gasteiger partial charge < -0.3 is 20.2 Å². The minimum atomic E-state index is -1.13. The second-order valence-electron chi connectivity index (χ2n) is 3.46. The molecule has 0 aliphatic rings. The molecule has 5 nitrogen and oxygen atoms in total. The number of carbonyl (C=O) groups excluding carboxylic acids is 1. The van der Waals surface area contributed by atoms with Crippen LogP contribution in [0.4, 0.5) is 0 Å². The number of nitrogens with two attached hydrogens (primary N) is 1. The molecule has 0 aromatic carbocycles. The molecule has 84 valence electrons. The molecule has 1 rings (SSSR count). The fraction of sp³-hybridized carbons (Fsp3) is 0.500. The zero-order chi connectivity index (χ0) is 11.4. The van der Waals surface area contributed by atoms with Crippen LogP contribution >= 0.6 is 0 Å². The van der Waals surface area contributed by atoms with Crippen LogP contribution in [0, 0.1) is 6.92 Å². The van der Waals surface area contributed by atoms with E-state index in [9.17, 15) is 9.90 Å². The van der Waals surface area contributed by atoms with Crippen molar-refractivity contribution in [2.75, 3.05) is 13.6 Å². The summed E-state index contributed by atoms with van der Waals surface area (Å²) in [6.45, 7) is 2.10. The number of hydrogen-bond donors (Lipinski definition) is 2. The second kappa shape index (κ2) is 4.95. The van der Waals surface area contributed by atoms with Crippen LogP contribution in [0.5, 0.6) is 0 Å². The Morgan fingerprint density at radius 3 is 2.80 bits per heavy atom. The van der Waals surface area contributed by atoms with Crippen LogP contribution in [0.15, 0.2) is 16.5 Å². The van der Waals surface area contributed by atoms with E-state index in [1.54, 1.807) is 13.1 Å². The van der Waals surface area contributed by atoms with Gasteiger partial charge in [-0.15, -0.1) is 0 Å². The molecule has 1 atom stereocenters. The Balaban J connectivity index is 2.55. The maximum atomic E-state index is 11.4. The molecule has 0 saturated heterocycles. The van der Waals surface area contributed by atoms with Crippen molar-refractivity contribution in [1.82, 2.24) is 4.90 Å². The molecule has 1 aromatic heterocycles. The Morgan fingerprint density at radius 2 is 2.33 bits per heavy atom. The highest BCUT2D eigenvalue weighted by Crippen LogP contribution is 2.09. The Bertz CT molecular complexity index is 335. The molecule has 3 N–H and O–H groups in total. The van der Waals surface area contributed by atoms with Crippen molar-refractivity contribution < 1.29 is 14.3 Å². The fourth-order valence-corrected chi connectivity index (χ4v) is 1.24. The molecule has 0 radical (unpaired) electrons. The molecule has 0 aliphatic carbocycles. The maximum absolute atomic E-state index is 11.4. The zero-order valence-corrected chi connectivity index (χ0v) is 8.93. The summed E-state index contributed by atoms with van der Waals surface area (Å²) < 4.78 is 5.31. The van der Waals surface area contributed by atoms with E-state index in [4.69, 9.17) is 10.2 Å². The number of amides is 1. The van der Waals surface area contributed by atoms with Crippen LogP contribution in [0.2, 0.25) is 0 Å². The van der Waals surface area contributed by atoms with Gasteiger partial charge in [0.25, 0.3) is 5.91 Å². The van der Waals surface area contributed by atoms with Gasteiger partial charge in [0.15, 0.2) is 0 Å². The molecular formula is C10H16N2O3. The summed E-state index contributed by atoms with van der Waals surface area (Å²) in [5.74, 6) is 1.09. The number of aryl methyl sites for hydroxylation is 1. The second-order valence-corrected chi connectivity index (χ2v) is 3.46. The summed E-state index contributed by atoms with van der Waals surface area (Å²) in [6.07, 6.45) is -1.13. The topological polar surface area (TPSA) is 79.7 Å². The first-order chi connectivity index (χ1) is 7.04. The lowest BCUT2D eigenvalue weighted by atomic mass is 10.3. The zero-order valence-electron chi connectivity index (χ0n) is 8.93. The van der Waals surface area contributed by atoms with Gasteiger partial charge in [0, 0.05) is 13.6 Å². The van der Waals surface area contributed by atoms with Gasteiger partial charge in [0.05, 0.1) is 6.54 Å². The van der Waals surface area contributed by atoms with Crippen molar-refractivity contribution in [1.29, 1.82) is 0 Å². The van der Waals surface area contributed by atoms with Gasteiger partial charge in [0.2, 0.25) is 0 Å². The number of likely N-dealkylation sites (N-methyl/N-ethyl adjacent to an activating group) is 1. The molecule has 1 aromatic rings. The Labute approximate surface area is 88.5 Å². The van der Waals surface area contributed by atoms with Crippen molar-refractivity contribution >= 4 is 5.91 Å². The number of aliphatic hydroxyl groups is 1. The summed E-state index contributed by atoms with van der Waals surface area (Å²) in [4.78, 5) is 12.8. The van der Waals surface area contributed by atoms with E-state index in [0.29, 0.717) is 12.3 Å². The van der Waals surface area contributed by atoms with E-state index >= 15 is 0 Å². The lowest BCUT2D eigenvalue weighted by molar-refractivity contribution is -0.139. The maximum Gasteiger partial charge on any atom is 0.252 e. The monoisotopic (exact) mass is 212 g/mol. The number of carbonyl (C=O) groups is 1. The van der Waals surface area contributed by atoms with Gasteiger partial charge in [-0.05, 0) is 19.1 Å². The molecule has 15 heavy (non-hydrogen) atoms. The van der Waals surface area contributed by atoms with E-state index in [2.05, 4.69) is 0 Å². The summed E-state index contributed by atoms with van der Waals surface area (Å²) in [7, 11) is 1.60. The average Bonchev–Trinajstić information content (AvgIpc) is 2.61. The van der Waals surface area contributed by atoms with Crippen molar-refractivity contribution in [3.8, 4) is 0 Å². The normalized spacial score (nSPS) is 12.5. The van der Waals surface area contributed by atoms with Crippen molar-refractivity contribution in [2.45, 2.75) is 19.6 Å². The van der Waals surface area contributed by atoms with Gasteiger partial charge in [-0.25, -0.2) is 0 Å². The number of hydrogen-bond acceptors (Lipinski definition) is 4. The number of furan rings is 1. The summed E-state index contributed by atoms with van der Waals surface area (Å²) >= 11 is 0. The average molecular weight is 212 g/mol. The SMILES string of the molecule is Cc1ccc(CN(C)C(=O)C(O)CN)o1. The quantitative estimate of drug-likeness (QED) is 0.728. The summed E-state index contributed by atoms with van der Waals surface area (Å²) in [6, 6.07) is 3.63. The van der Waals surface area contributed by atoms with Crippen LogP contribution in [-0.4, -0.2) is 35.6 Å². The summed E-state index contributed by atoms with van der Waals surface area (Å²) in [5, 5.41) is 9.23. The largest absolute Gasteiger partial charge is 0.464 e. The Morgan fingerprint density at radius 1 is 1.67 bits per heavy atom. The lowest BCUT2D eigenvalue weighted by Crippen LogP contribution is -2.40. The van der Waals surface area contributed by atoms with Gasteiger partial charge in [0.1, 0.15) is 17.6 Å². The summed E-state index contributed by atoms with van der Waals surface area (Å²) in [5.41, 5.74) is 5.19. The molecule has 1 unspecified atom stereocenters. The van der Waals surface area contributed by atoms with Crippen LogP contribution in [0.1, 0.15) is 11.5 Å². The molecule has 0 aliphatic heterocycles. The van der Waals surface area contributed by atoms with Crippen LogP contribution < -0.4 is 5.73 Å². The molecule has 0 saturated carbocycles. The smallest absolute Gasteiger partial charge is 0.252 e. The van der Waals surface area contributed by atoms with Crippen LogP contribution in [-0.2, 0) is 11.3 Å². The molecule has 0 spiro atoms. The van der Waals surface area contributed by atoms with E-state index in [1.807, 2.05) is 13.0 Å².